The fourth-order valence-corrected chi connectivity index (χ4v) is 17.6. The Morgan fingerprint density at radius 2 is 0.548 bits per heavy atom. The van der Waals surface area contributed by atoms with Crippen LogP contribution >= 0.6 is 0 Å². The van der Waals surface area contributed by atoms with E-state index in [9.17, 15) is 0 Å². The van der Waals surface area contributed by atoms with Crippen LogP contribution < -0.4 is 33.2 Å². The summed E-state index contributed by atoms with van der Waals surface area (Å²) in [6.45, 7) is 28.4. The molecule has 16 heteroatoms. The normalized spacial score (nSPS) is 13.2. The molecule has 0 spiro atoms. The zero-order valence-corrected chi connectivity index (χ0v) is 78.3. The van der Waals surface area contributed by atoms with E-state index in [1.54, 1.807) is 0 Å². The van der Waals surface area contributed by atoms with Crippen LogP contribution in [-0.4, -0.2) is 87.7 Å². The summed E-state index contributed by atoms with van der Waals surface area (Å²) in [5, 5.41) is 4.04. The van der Waals surface area contributed by atoms with Gasteiger partial charge in [0, 0.05) is 96.5 Å². The highest BCUT2D eigenvalue weighted by Crippen LogP contribution is 2.48. The Balaban J connectivity index is 0.452. The number of fused-ring (bicyclic) bond motifs is 5. The first-order valence-electron chi connectivity index (χ1n) is 46.3. The number of benzene rings is 11. The third-order valence-corrected chi connectivity index (χ3v) is 25.3. The van der Waals surface area contributed by atoms with Crippen molar-refractivity contribution in [2.75, 3.05) is 52.9 Å². The molecule has 11 aromatic carbocycles. The van der Waals surface area contributed by atoms with Crippen molar-refractivity contribution < 1.29 is 42.6 Å². The van der Waals surface area contributed by atoms with Crippen molar-refractivity contribution in [3.05, 3.63) is 395 Å². The Morgan fingerprint density at radius 3 is 0.919 bits per heavy atom. The van der Waals surface area contributed by atoms with Gasteiger partial charge < -0.3 is 42.6 Å². The van der Waals surface area contributed by atoms with E-state index in [0.29, 0.717) is 83.3 Å². The molecule has 0 radical (unpaired) electrons. The molecule has 0 saturated carbocycles. The van der Waals surface area contributed by atoms with Gasteiger partial charge in [0.05, 0.1) is 82.4 Å². The van der Waals surface area contributed by atoms with Crippen LogP contribution in [0.3, 0.4) is 0 Å². The molecule has 0 unspecified atom stereocenters. The minimum atomic E-state index is -0.623. The molecule has 0 fully saturated rings. The quantitative estimate of drug-likeness (QED) is 0.0622. The highest BCUT2D eigenvalue weighted by atomic mass is 16.6. The molecular formula is C119H109N7O9. The molecule has 21 rings (SSSR count). The number of aryl methyl sites for hydroxylation is 2. The van der Waals surface area contributed by atoms with Gasteiger partial charge in [0.15, 0.2) is 0 Å². The maximum atomic E-state index is 6.51. The zero-order chi connectivity index (χ0) is 92.8. The molecule has 18 aromatic rings. The van der Waals surface area contributed by atoms with Crippen LogP contribution in [0.5, 0.6) is 40.2 Å². The Kier molecular flexibility index (Phi) is 25.6. The second-order valence-corrected chi connectivity index (χ2v) is 37.7. The molecule has 0 N–H and O–H groups in total. The first-order valence-corrected chi connectivity index (χ1v) is 46.3. The van der Waals surface area contributed by atoms with Crippen LogP contribution in [0.2, 0.25) is 0 Å². The SMILES string of the molecule is Cc1nc2c(ccc3cc(-c4ccc(OCc5cc6cc(c5)OCCOCCOc5ccc(cc5)-c5ccc7ccc8ccc(nc8c7n5)-c5ccc(cc5)OCCOCCO6)cc4)c(C)nc32)cc1-c1ccc(OCc2ccc(-c3ccc(-c4ccc(COc5ccc(C(c6ccc(C(C)(C)C)cc6)(c6ccc(C(C)(C)C)cc6)c6ccc(C(C)(C)C)cc6)cc5)cn4)cn3)nc2)cc1. The summed E-state index contributed by atoms with van der Waals surface area (Å²) in [5.41, 5.74) is 27.0. The van der Waals surface area contributed by atoms with Crippen molar-refractivity contribution >= 4 is 43.6 Å². The van der Waals surface area contributed by atoms with Crippen molar-refractivity contribution in [2.24, 2.45) is 0 Å². The van der Waals surface area contributed by atoms with Gasteiger partial charge in [-0.1, -0.05) is 220 Å². The second kappa shape index (κ2) is 38.7. The number of rotatable bonds is 17. The van der Waals surface area contributed by atoms with Crippen molar-refractivity contribution in [2.45, 2.75) is 118 Å². The molecule has 3 aliphatic rings. The van der Waals surface area contributed by atoms with E-state index in [2.05, 4.69) is 252 Å². The maximum Gasteiger partial charge on any atom is 0.123 e. The maximum absolute atomic E-state index is 6.51. The molecule has 0 atom stereocenters. The van der Waals surface area contributed by atoms with Crippen LogP contribution in [0.1, 0.15) is 129 Å². The van der Waals surface area contributed by atoms with Crippen molar-refractivity contribution in [3.63, 3.8) is 0 Å². The van der Waals surface area contributed by atoms with Gasteiger partial charge in [-0.3, -0.25) is 24.9 Å². The monoisotopic (exact) mass is 1780 g/mol. The van der Waals surface area contributed by atoms with Gasteiger partial charge in [-0.05, 0) is 231 Å². The topological polar surface area (TPSA) is 173 Å². The molecule has 0 saturated heterocycles. The van der Waals surface area contributed by atoms with Gasteiger partial charge in [-0.2, -0.15) is 0 Å². The minimum Gasteiger partial charge on any atom is -0.491 e. The average Bonchev–Trinajstić information content (AvgIpc) is 0.719. The number of aromatic nitrogens is 7. The highest BCUT2D eigenvalue weighted by Gasteiger charge is 2.40. The number of pyridine rings is 7. The first kappa shape index (κ1) is 89.3. The van der Waals surface area contributed by atoms with Crippen molar-refractivity contribution in [1.29, 1.82) is 0 Å². The number of nitrogens with zero attached hydrogens (tertiary/aromatic N) is 7. The lowest BCUT2D eigenvalue weighted by Crippen LogP contribution is -2.31. The number of hydrogen-bond acceptors (Lipinski definition) is 16. The van der Waals surface area contributed by atoms with Gasteiger partial charge in [0.1, 0.15) is 86.5 Å². The van der Waals surface area contributed by atoms with E-state index in [0.717, 1.165) is 168 Å². The smallest absolute Gasteiger partial charge is 0.123 e. The van der Waals surface area contributed by atoms with E-state index in [4.69, 9.17) is 77.5 Å². The van der Waals surface area contributed by atoms with Crippen LogP contribution in [0, 0.1) is 13.8 Å². The largest absolute Gasteiger partial charge is 0.491 e. The minimum absolute atomic E-state index is 0.00967. The summed E-state index contributed by atoms with van der Waals surface area (Å²) in [7, 11) is 0. The van der Waals surface area contributed by atoms with Gasteiger partial charge >= 0.3 is 0 Å². The lowest BCUT2D eigenvalue weighted by Gasteiger charge is -2.38. The van der Waals surface area contributed by atoms with E-state index in [1.807, 2.05) is 152 Å². The van der Waals surface area contributed by atoms with E-state index in [-0.39, 0.29) is 22.9 Å². The van der Waals surface area contributed by atoms with Gasteiger partial charge in [0.2, 0.25) is 0 Å². The van der Waals surface area contributed by atoms with E-state index in [1.165, 1.54) is 33.4 Å². The predicted molar refractivity (Wildman–Crippen MR) is 540 cm³/mol. The summed E-state index contributed by atoms with van der Waals surface area (Å²) in [6.07, 6.45) is 5.57. The van der Waals surface area contributed by atoms with Gasteiger partial charge in [-0.25, -0.2) is 9.97 Å². The summed E-state index contributed by atoms with van der Waals surface area (Å²) >= 11 is 0. The van der Waals surface area contributed by atoms with E-state index < -0.39 is 5.41 Å². The highest BCUT2D eigenvalue weighted by molar-refractivity contribution is 6.06. The second-order valence-electron chi connectivity index (χ2n) is 37.7. The third-order valence-electron chi connectivity index (χ3n) is 25.3. The van der Waals surface area contributed by atoms with Crippen molar-refractivity contribution in [1.82, 2.24) is 34.9 Å². The fraction of sp³-hybridized carbons (Fsp3) is 0.218. The first-order chi connectivity index (χ1) is 65.5. The Bertz CT molecular complexity index is 6950. The summed E-state index contributed by atoms with van der Waals surface area (Å²) in [4.78, 5) is 35.2. The van der Waals surface area contributed by atoms with Crippen LogP contribution in [0.4, 0.5) is 0 Å². The molecule has 135 heavy (non-hydrogen) atoms. The van der Waals surface area contributed by atoms with E-state index >= 15 is 0 Å². The predicted octanol–water partition coefficient (Wildman–Crippen LogP) is 27.0. The van der Waals surface area contributed by atoms with Crippen LogP contribution in [0.25, 0.3) is 111 Å². The molecule has 0 amide bonds. The number of ether oxygens (including phenoxy) is 9. The summed E-state index contributed by atoms with van der Waals surface area (Å²) < 4.78 is 55.9. The van der Waals surface area contributed by atoms with Gasteiger partial charge in [-0.15, -0.1) is 0 Å². The lowest BCUT2D eigenvalue weighted by atomic mass is 9.64. The van der Waals surface area contributed by atoms with Crippen LogP contribution in [0.15, 0.2) is 328 Å². The molecule has 3 aliphatic heterocycles. The molecule has 7 aromatic heterocycles. The average molecular weight is 1780 g/mol. The van der Waals surface area contributed by atoms with Crippen molar-refractivity contribution in [3.8, 4) is 108 Å². The lowest BCUT2D eigenvalue weighted by molar-refractivity contribution is 0.0746. The summed E-state index contributed by atoms with van der Waals surface area (Å²) in [6, 6.07) is 108. The zero-order valence-electron chi connectivity index (χ0n) is 78.3. The van der Waals surface area contributed by atoms with Crippen LogP contribution in [-0.2, 0) is 51.0 Å². The Morgan fingerprint density at radius 1 is 0.244 bits per heavy atom. The molecule has 0 aliphatic carbocycles. The molecular weight excluding hydrogens is 1670 g/mol. The Labute approximate surface area is 789 Å². The number of hydrogen-bond donors (Lipinski definition) is 0. The molecule has 16 nitrogen and oxygen atoms in total. The molecule has 10 bridgehead atoms. The standard InChI is InChI=1S/C119H109N7O9/c1-77-105(82-18-43-100(44-19-82)133-75-80-13-54-110(121-72-80)111-57-28-90(73-122-111)107-53-12-79(71-120-107)74-134-102-51-41-97(42-52-102)119(94-35-29-91(30-36-94)116(3,4)5,95-37-31-92(32-38-95)117(6,7)8)96-39-33-93(34-40-96)118(9,10)11)68-88-16-17-89-69-106(78(2)124-115(89)114(88)123-77)83-20-45-101(46-21-83)135-76-81-66-103-70-104(67-81)132-65-61-128-59-63-130-99-49-24-85(25-50-99)109-56-27-87-15-14-86-26-55-108(125-112(86)113(87)126-109)84-22-47-98(48-23-84)129-62-58-127-60-64-131-103/h12-57,66-73H,58-65,74-76H2,1-11H3. The molecule has 674 valence electrons. The molecule has 10 heterocycles. The fourth-order valence-electron chi connectivity index (χ4n) is 17.6. The Hall–Kier alpha value is -15.0. The van der Waals surface area contributed by atoms with Gasteiger partial charge in [0.25, 0.3) is 0 Å². The third kappa shape index (κ3) is 20.2. The summed E-state index contributed by atoms with van der Waals surface area (Å²) in [5.74, 6) is 4.97.